The van der Waals surface area contributed by atoms with Crippen LogP contribution < -0.4 is 20.9 Å². The molecular formula is C27H30N8. The molecule has 0 atom stereocenters. The zero-order valence-electron chi connectivity index (χ0n) is 19.7. The highest BCUT2D eigenvalue weighted by Crippen LogP contribution is 2.27. The first-order valence-corrected chi connectivity index (χ1v) is 12.1. The van der Waals surface area contributed by atoms with Crippen LogP contribution in [0.1, 0.15) is 12.0 Å². The third-order valence-electron chi connectivity index (χ3n) is 5.94. The van der Waals surface area contributed by atoms with Crippen LogP contribution in [-0.2, 0) is 6.42 Å². The van der Waals surface area contributed by atoms with Gasteiger partial charge in [0, 0.05) is 68.6 Å². The van der Waals surface area contributed by atoms with E-state index in [4.69, 9.17) is 4.98 Å². The Labute approximate surface area is 205 Å². The van der Waals surface area contributed by atoms with Crippen molar-refractivity contribution in [2.75, 3.05) is 48.3 Å². The van der Waals surface area contributed by atoms with Gasteiger partial charge in [0.2, 0.25) is 0 Å². The van der Waals surface area contributed by atoms with E-state index in [9.17, 15) is 0 Å². The lowest BCUT2D eigenvalue weighted by molar-refractivity contribution is 0.585. The van der Waals surface area contributed by atoms with Crippen molar-refractivity contribution in [2.24, 2.45) is 0 Å². The van der Waals surface area contributed by atoms with Crippen molar-refractivity contribution in [3.8, 4) is 11.3 Å². The molecule has 35 heavy (non-hydrogen) atoms. The molecular weight excluding hydrogens is 436 g/mol. The molecule has 1 aliphatic rings. The van der Waals surface area contributed by atoms with Crippen LogP contribution >= 0.6 is 0 Å². The molecule has 1 fully saturated rings. The summed E-state index contributed by atoms with van der Waals surface area (Å²) < 4.78 is 0. The van der Waals surface area contributed by atoms with Crippen molar-refractivity contribution >= 4 is 23.1 Å². The number of benzene rings is 1. The standard InChI is InChI=1S/C27H30N8/c1-2-5-21(6-3-1)7-4-9-30-23-18-24(33-25(19-23)34-26-20-29-11-12-31-26)22-8-10-32-27(17-22)35-15-13-28-14-16-35/h1-3,5-6,8,10-12,17-20,28H,4,7,9,13-16H2,(H2,30,31,33,34). The number of hydrogen-bond acceptors (Lipinski definition) is 8. The highest BCUT2D eigenvalue weighted by molar-refractivity contribution is 5.71. The summed E-state index contributed by atoms with van der Waals surface area (Å²) >= 11 is 0. The summed E-state index contributed by atoms with van der Waals surface area (Å²) in [6.45, 7) is 4.71. The third kappa shape index (κ3) is 6.30. The lowest BCUT2D eigenvalue weighted by Crippen LogP contribution is -2.43. The molecule has 178 valence electrons. The zero-order valence-corrected chi connectivity index (χ0v) is 19.7. The van der Waals surface area contributed by atoms with E-state index in [1.807, 2.05) is 18.3 Å². The predicted molar refractivity (Wildman–Crippen MR) is 141 cm³/mol. The highest BCUT2D eigenvalue weighted by atomic mass is 15.2. The second-order valence-corrected chi connectivity index (χ2v) is 8.50. The topological polar surface area (TPSA) is 90.9 Å². The number of anilines is 4. The zero-order chi connectivity index (χ0) is 23.7. The Morgan fingerprint density at radius 3 is 2.60 bits per heavy atom. The summed E-state index contributed by atoms with van der Waals surface area (Å²) in [5.74, 6) is 2.35. The molecule has 3 aromatic heterocycles. The van der Waals surface area contributed by atoms with E-state index >= 15 is 0 Å². The average Bonchev–Trinajstić information content (AvgIpc) is 2.93. The third-order valence-corrected chi connectivity index (χ3v) is 5.94. The number of piperazine rings is 1. The maximum absolute atomic E-state index is 4.88. The summed E-state index contributed by atoms with van der Waals surface area (Å²) in [5, 5.41) is 10.3. The maximum atomic E-state index is 4.88. The Morgan fingerprint density at radius 1 is 0.886 bits per heavy atom. The molecule has 0 unspecified atom stereocenters. The van der Waals surface area contributed by atoms with Crippen molar-refractivity contribution < 1.29 is 0 Å². The van der Waals surface area contributed by atoms with E-state index < -0.39 is 0 Å². The Bertz CT molecular complexity index is 1210. The minimum Gasteiger partial charge on any atom is -0.385 e. The quantitative estimate of drug-likeness (QED) is 0.317. The van der Waals surface area contributed by atoms with Gasteiger partial charge in [-0.1, -0.05) is 30.3 Å². The van der Waals surface area contributed by atoms with Gasteiger partial charge in [-0.3, -0.25) is 4.98 Å². The molecule has 4 heterocycles. The second-order valence-electron chi connectivity index (χ2n) is 8.50. The molecule has 1 saturated heterocycles. The normalized spacial score (nSPS) is 13.4. The largest absolute Gasteiger partial charge is 0.385 e. The first-order valence-electron chi connectivity index (χ1n) is 12.1. The molecule has 8 heteroatoms. The molecule has 0 saturated carbocycles. The second kappa shape index (κ2) is 11.4. The summed E-state index contributed by atoms with van der Waals surface area (Å²) in [6, 6.07) is 18.8. The fourth-order valence-electron chi connectivity index (χ4n) is 4.15. The predicted octanol–water partition coefficient (Wildman–Crippen LogP) is 4.13. The monoisotopic (exact) mass is 466 g/mol. The minimum absolute atomic E-state index is 0.656. The van der Waals surface area contributed by atoms with Crippen LogP contribution in [0.2, 0.25) is 0 Å². The van der Waals surface area contributed by atoms with Crippen LogP contribution in [0.4, 0.5) is 23.1 Å². The van der Waals surface area contributed by atoms with Crippen molar-refractivity contribution in [3.63, 3.8) is 0 Å². The number of pyridine rings is 2. The van der Waals surface area contributed by atoms with Crippen LogP contribution in [0.25, 0.3) is 11.3 Å². The molecule has 0 bridgehead atoms. The van der Waals surface area contributed by atoms with Crippen LogP contribution in [-0.4, -0.2) is 52.7 Å². The molecule has 3 N–H and O–H groups in total. The highest BCUT2D eigenvalue weighted by Gasteiger charge is 2.13. The van der Waals surface area contributed by atoms with Gasteiger partial charge in [-0.05, 0) is 36.6 Å². The molecule has 0 spiro atoms. The average molecular weight is 467 g/mol. The van der Waals surface area contributed by atoms with E-state index in [0.29, 0.717) is 11.6 Å². The summed E-state index contributed by atoms with van der Waals surface area (Å²) in [4.78, 5) is 20.3. The van der Waals surface area contributed by atoms with Crippen molar-refractivity contribution in [1.29, 1.82) is 0 Å². The summed E-state index contributed by atoms with van der Waals surface area (Å²) in [5.41, 5.74) is 4.27. The number of nitrogens with zero attached hydrogens (tertiary/aromatic N) is 5. The van der Waals surface area contributed by atoms with E-state index in [1.165, 1.54) is 5.56 Å². The molecule has 5 rings (SSSR count). The smallest absolute Gasteiger partial charge is 0.150 e. The van der Waals surface area contributed by atoms with Gasteiger partial charge in [-0.15, -0.1) is 0 Å². The van der Waals surface area contributed by atoms with Crippen LogP contribution in [0, 0.1) is 0 Å². The van der Waals surface area contributed by atoms with Crippen LogP contribution in [0.3, 0.4) is 0 Å². The van der Waals surface area contributed by atoms with Crippen molar-refractivity contribution in [2.45, 2.75) is 12.8 Å². The van der Waals surface area contributed by atoms with Gasteiger partial charge in [-0.2, -0.15) is 0 Å². The first kappa shape index (κ1) is 22.7. The van der Waals surface area contributed by atoms with Gasteiger partial charge < -0.3 is 20.9 Å². The lowest BCUT2D eigenvalue weighted by atomic mass is 10.1. The maximum Gasteiger partial charge on any atom is 0.150 e. The van der Waals surface area contributed by atoms with E-state index in [2.05, 4.69) is 78.3 Å². The molecule has 1 aromatic carbocycles. The minimum atomic E-state index is 0.656. The lowest BCUT2D eigenvalue weighted by Gasteiger charge is -2.28. The van der Waals surface area contributed by atoms with E-state index in [-0.39, 0.29) is 0 Å². The summed E-state index contributed by atoms with van der Waals surface area (Å²) in [7, 11) is 0. The van der Waals surface area contributed by atoms with Gasteiger partial charge >= 0.3 is 0 Å². The number of rotatable bonds is 9. The molecule has 8 nitrogen and oxygen atoms in total. The first-order chi connectivity index (χ1) is 17.3. The molecule has 0 radical (unpaired) electrons. The fraction of sp³-hybridized carbons (Fsp3) is 0.259. The van der Waals surface area contributed by atoms with Crippen molar-refractivity contribution in [3.05, 3.63) is 84.9 Å². The van der Waals surface area contributed by atoms with E-state index in [0.717, 1.165) is 68.3 Å². The van der Waals surface area contributed by atoms with Crippen LogP contribution in [0.5, 0.6) is 0 Å². The van der Waals surface area contributed by atoms with Gasteiger partial charge in [-0.25, -0.2) is 15.0 Å². The van der Waals surface area contributed by atoms with Gasteiger partial charge in [0.25, 0.3) is 0 Å². The number of hydrogen-bond donors (Lipinski definition) is 3. The van der Waals surface area contributed by atoms with Gasteiger partial charge in [0.05, 0.1) is 11.9 Å². The van der Waals surface area contributed by atoms with Crippen molar-refractivity contribution in [1.82, 2.24) is 25.3 Å². The number of nitrogens with one attached hydrogen (secondary N) is 3. The van der Waals surface area contributed by atoms with Gasteiger partial charge in [0.15, 0.2) is 0 Å². The Morgan fingerprint density at radius 2 is 1.77 bits per heavy atom. The Balaban J connectivity index is 1.36. The molecule has 0 aliphatic carbocycles. The molecule has 4 aromatic rings. The number of aromatic nitrogens is 4. The number of aryl methyl sites for hydroxylation is 1. The Hall–Kier alpha value is -4.04. The Kier molecular flexibility index (Phi) is 7.40. The SMILES string of the molecule is c1ccc(CCCNc2cc(Nc3cnccn3)nc(-c3ccnc(N4CCNCC4)c3)c2)cc1. The summed E-state index contributed by atoms with van der Waals surface area (Å²) in [6.07, 6.45) is 8.95. The molecule has 0 amide bonds. The fourth-order valence-corrected chi connectivity index (χ4v) is 4.15. The van der Waals surface area contributed by atoms with E-state index in [1.54, 1.807) is 18.6 Å². The van der Waals surface area contributed by atoms with Gasteiger partial charge in [0.1, 0.15) is 17.5 Å². The van der Waals surface area contributed by atoms with Crippen LogP contribution in [0.15, 0.2) is 79.4 Å². The molecule has 1 aliphatic heterocycles.